The van der Waals surface area contributed by atoms with Crippen molar-refractivity contribution in [1.82, 2.24) is 9.80 Å². The number of nitro groups is 1. The van der Waals surface area contributed by atoms with Crippen molar-refractivity contribution in [2.75, 3.05) is 5.32 Å². The maximum absolute atomic E-state index is 13.9. The molecule has 1 N–H and O–H groups in total. The lowest BCUT2D eigenvalue weighted by atomic mass is 9.84. The highest BCUT2D eigenvalue weighted by Gasteiger charge is 2.65. The van der Waals surface area contributed by atoms with Crippen LogP contribution in [0.5, 0.6) is 0 Å². The molecule has 3 amide bonds. The fourth-order valence-electron chi connectivity index (χ4n) is 6.53. The molecule has 6 rings (SSSR count). The summed E-state index contributed by atoms with van der Waals surface area (Å²) in [7, 11) is 0. The Balaban J connectivity index is 1.39. The SMILES string of the molecule is O=C(Nc1ccc(Cl)c([N+](=O)[O-])c1)[C@@H]1[C@@H]2C(=O)N(C3CCCCC3)C(=O)[C@@H]2[C@H]2c3ccccc3C=CN12. The van der Waals surface area contributed by atoms with Crippen LogP contribution in [0.3, 0.4) is 0 Å². The molecule has 1 saturated carbocycles. The molecule has 0 spiro atoms. The average Bonchev–Trinajstić information content (AvgIpc) is 3.38. The molecule has 3 heterocycles. The van der Waals surface area contributed by atoms with Crippen molar-refractivity contribution in [2.45, 2.75) is 50.2 Å². The van der Waals surface area contributed by atoms with Gasteiger partial charge in [0.25, 0.3) is 5.69 Å². The molecule has 3 aliphatic heterocycles. The van der Waals surface area contributed by atoms with Crippen LogP contribution in [0.4, 0.5) is 11.4 Å². The van der Waals surface area contributed by atoms with Gasteiger partial charge < -0.3 is 10.2 Å². The Morgan fingerprint density at radius 1 is 1.03 bits per heavy atom. The molecule has 1 aliphatic carbocycles. The molecule has 4 aliphatic rings. The Labute approximate surface area is 218 Å². The quantitative estimate of drug-likeness (QED) is 0.360. The number of benzene rings is 2. The molecule has 2 aromatic carbocycles. The number of likely N-dealkylation sites (tertiary alicyclic amines) is 1. The number of nitro benzene ring substituents is 1. The van der Waals surface area contributed by atoms with E-state index in [4.69, 9.17) is 11.6 Å². The number of anilines is 1. The van der Waals surface area contributed by atoms with Crippen LogP contribution in [-0.2, 0) is 14.4 Å². The first-order valence-corrected chi connectivity index (χ1v) is 12.9. The molecule has 37 heavy (non-hydrogen) atoms. The molecular weight excluding hydrogens is 496 g/mol. The van der Waals surface area contributed by atoms with Crippen LogP contribution >= 0.6 is 11.6 Å². The predicted octanol–water partition coefficient (Wildman–Crippen LogP) is 4.53. The number of fused-ring (bicyclic) bond motifs is 5. The molecule has 0 unspecified atom stereocenters. The van der Waals surface area contributed by atoms with E-state index in [9.17, 15) is 24.5 Å². The minimum Gasteiger partial charge on any atom is -0.357 e. The normalized spacial score (nSPS) is 26.6. The van der Waals surface area contributed by atoms with Gasteiger partial charge >= 0.3 is 0 Å². The average molecular weight is 521 g/mol. The first-order chi connectivity index (χ1) is 17.9. The molecular formula is C27H25ClN4O5. The lowest BCUT2D eigenvalue weighted by Crippen LogP contribution is -2.49. The Hall–Kier alpha value is -3.72. The number of nitrogens with zero attached hydrogens (tertiary/aromatic N) is 3. The van der Waals surface area contributed by atoms with Gasteiger partial charge in [0.1, 0.15) is 11.1 Å². The van der Waals surface area contributed by atoms with Crippen molar-refractivity contribution in [3.63, 3.8) is 0 Å². The van der Waals surface area contributed by atoms with Gasteiger partial charge in [-0.15, -0.1) is 0 Å². The van der Waals surface area contributed by atoms with Gasteiger partial charge in [-0.1, -0.05) is 55.1 Å². The topological polar surface area (TPSA) is 113 Å². The first kappa shape index (κ1) is 23.7. The molecule has 9 nitrogen and oxygen atoms in total. The number of carbonyl (C=O) groups excluding carboxylic acids is 3. The second-order valence-electron chi connectivity index (χ2n) is 10.1. The van der Waals surface area contributed by atoms with Crippen LogP contribution in [0.2, 0.25) is 5.02 Å². The van der Waals surface area contributed by atoms with Gasteiger partial charge in [0.15, 0.2) is 0 Å². The highest BCUT2D eigenvalue weighted by molar-refractivity contribution is 6.32. The zero-order chi connectivity index (χ0) is 25.8. The predicted molar refractivity (Wildman–Crippen MR) is 136 cm³/mol. The molecule has 2 saturated heterocycles. The number of hydrogen-bond donors (Lipinski definition) is 1. The third kappa shape index (κ3) is 3.71. The van der Waals surface area contributed by atoms with E-state index < -0.39 is 34.7 Å². The number of nitrogens with one attached hydrogen (secondary N) is 1. The molecule has 0 bridgehead atoms. The summed E-state index contributed by atoms with van der Waals surface area (Å²) in [5.41, 5.74) is 1.73. The number of halogens is 1. The zero-order valence-corrected chi connectivity index (χ0v) is 20.6. The van der Waals surface area contributed by atoms with Crippen LogP contribution < -0.4 is 5.32 Å². The van der Waals surface area contributed by atoms with Crippen molar-refractivity contribution in [3.05, 3.63) is 74.9 Å². The second-order valence-corrected chi connectivity index (χ2v) is 10.5. The fourth-order valence-corrected chi connectivity index (χ4v) is 6.71. The summed E-state index contributed by atoms with van der Waals surface area (Å²) in [6.07, 6.45) is 8.26. The van der Waals surface area contributed by atoms with Gasteiger partial charge in [-0.2, -0.15) is 0 Å². The van der Waals surface area contributed by atoms with E-state index in [1.165, 1.54) is 23.1 Å². The summed E-state index contributed by atoms with van der Waals surface area (Å²) in [5.74, 6) is -2.54. The van der Waals surface area contributed by atoms with E-state index in [2.05, 4.69) is 5.32 Å². The first-order valence-electron chi connectivity index (χ1n) is 12.5. The summed E-state index contributed by atoms with van der Waals surface area (Å²) in [6, 6.07) is 10.2. The largest absolute Gasteiger partial charge is 0.357 e. The Morgan fingerprint density at radius 3 is 2.51 bits per heavy atom. The fraction of sp³-hybridized carbons (Fsp3) is 0.370. The summed E-state index contributed by atoms with van der Waals surface area (Å²) < 4.78 is 0. The van der Waals surface area contributed by atoms with Gasteiger partial charge in [0.05, 0.1) is 22.8 Å². The molecule has 4 atom stereocenters. The number of amides is 3. The zero-order valence-electron chi connectivity index (χ0n) is 19.9. The Bertz CT molecular complexity index is 1350. The van der Waals surface area contributed by atoms with Crippen molar-refractivity contribution < 1.29 is 19.3 Å². The molecule has 0 radical (unpaired) electrons. The van der Waals surface area contributed by atoms with Crippen LogP contribution in [0, 0.1) is 22.0 Å². The van der Waals surface area contributed by atoms with E-state index >= 15 is 0 Å². The third-order valence-corrected chi connectivity index (χ3v) is 8.43. The van der Waals surface area contributed by atoms with Gasteiger partial charge in [-0.3, -0.25) is 29.4 Å². The number of imide groups is 1. The summed E-state index contributed by atoms with van der Waals surface area (Å²) in [6.45, 7) is 0. The number of carbonyl (C=O) groups is 3. The van der Waals surface area contributed by atoms with Crippen LogP contribution in [0.1, 0.15) is 49.3 Å². The third-order valence-electron chi connectivity index (χ3n) is 8.11. The van der Waals surface area contributed by atoms with Gasteiger partial charge in [0.2, 0.25) is 17.7 Å². The van der Waals surface area contributed by atoms with E-state index in [0.29, 0.717) is 0 Å². The smallest absolute Gasteiger partial charge is 0.289 e. The highest BCUT2D eigenvalue weighted by Crippen LogP contribution is 2.53. The van der Waals surface area contributed by atoms with E-state index in [-0.39, 0.29) is 34.3 Å². The van der Waals surface area contributed by atoms with Crippen molar-refractivity contribution >= 4 is 46.8 Å². The van der Waals surface area contributed by atoms with E-state index in [1.54, 1.807) is 6.20 Å². The Morgan fingerprint density at radius 2 is 1.76 bits per heavy atom. The lowest BCUT2D eigenvalue weighted by Gasteiger charge is -2.37. The number of hydrogen-bond acceptors (Lipinski definition) is 6. The van der Waals surface area contributed by atoms with Crippen LogP contribution in [0.25, 0.3) is 6.08 Å². The molecule has 0 aromatic heterocycles. The molecule has 10 heteroatoms. The summed E-state index contributed by atoms with van der Waals surface area (Å²) in [5, 5.41) is 14.0. The maximum atomic E-state index is 13.9. The monoisotopic (exact) mass is 520 g/mol. The van der Waals surface area contributed by atoms with Gasteiger partial charge in [0, 0.05) is 24.0 Å². The number of rotatable bonds is 4. The molecule has 190 valence electrons. The lowest BCUT2D eigenvalue weighted by molar-refractivity contribution is -0.384. The van der Waals surface area contributed by atoms with Crippen molar-refractivity contribution in [3.8, 4) is 0 Å². The minimum atomic E-state index is -0.945. The maximum Gasteiger partial charge on any atom is 0.289 e. The highest BCUT2D eigenvalue weighted by atomic mass is 35.5. The van der Waals surface area contributed by atoms with Crippen LogP contribution in [-0.4, -0.2) is 44.5 Å². The minimum absolute atomic E-state index is 0.0424. The van der Waals surface area contributed by atoms with Crippen molar-refractivity contribution in [2.24, 2.45) is 11.8 Å². The Kier molecular flexibility index (Phi) is 5.75. The van der Waals surface area contributed by atoms with Gasteiger partial charge in [-0.25, -0.2) is 0 Å². The summed E-state index contributed by atoms with van der Waals surface area (Å²) in [4.78, 5) is 55.5. The molecule has 2 aromatic rings. The molecule has 3 fully saturated rings. The van der Waals surface area contributed by atoms with Crippen molar-refractivity contribution in [1.29, 1.82) is 0 Å². The standard InChI is InChI=1S/C27H25ClN4O5/c28-19-11-10-16(14-20(19)32(36)37)29-25(33)24-22-21(23-18-9-5-4-6-15(18)12-13-30(23)24)26(34)31(27(22)35)17-7-2-1-3-8-17/h4-6,9-14,17,21-24H,1-3,7-8H2,(H,29,33)/t21-,22+,23+,24-/m0/s1. The van der Waals surface area contributed by atoms with E-state index in [1.807, 2.05) is 35.2 Å². The summed E-state index contributed by atoms with van der Waals surface area (Å²) >= 11 is 5.93. The van der Waals surface area contributed by atoms with Gasteiger partial charge in [-0.05, 0) is 42.2 Å². The van der Waals surface area contributed by atoms with E-state index in [0.717, 1.165) is 43.2 Å². The van der Waals surface area contributed by atoms with Crippen LogP contribution in [0.15, 0.2) is 48.7 Å². The second kappa shape index (κ2) is 8.99.